The van der Waals surface area contributed by atoms with Crippen LogP contribution in [0.5, 0.6) is 0 Å². The summed E-state index contributed by atoms with van der Waals surface area (Å²) in [6, 6.07) is 0. The monoisotopic (exact) mass is 182 g/mol. The second kappa shape index (κ2) is 2.35. The predicted molar refractivity (Wildman–Crippen MR) is 50.2 cm³/mol. The first-order valence-electron chi connectivity index (χ1n) is 5.09. The Labute approximate surface area is 79.3 Å². The van der Waals surface area contributed by atoms with E-state index < -0.39 is 0 Å². The van der Waals surface area contributed by atoms with Crippen LogP contribution in [0.1, 0.15) is 40.0 Å². The van der Waals surface area contributed by atoms with Crippen molar-refractivity contribution in [2.24, 2.45) is 16.7 Å². The molecule has 0 aromatic carbocycles. The summed E-state index contributed by atoms with van der Waals surface area (Å²) in [5, 5.41) is 9.75. The molecule has 2 aliphatic rings. The predicted octanol–water partition coefficient (Wildman–Crippen LogP) is 1.76. The van der Waals surface area contributed by atoms with Crippen LogP contribution < -0.4 is 0 Å². The van der Waals surface area contributed by atoms with E-state index in [0.29, 0.717) is 0 Å². The molecule has 2 saturated carbocycles. The Morgan fingerprint density at radius 2 is 2.00 bits per heavy atom. The molecular weight excluding hydrogens is 164 g/mol. The Hall–Kier alpha value is -0.370. The number of rotatable bonds is 0. The number of carbonyl (C=O) groups is 1. The van der Waals surface area contributed by atoms with E-state index in [2.05, 4.69) is 6.92 Å². The molecule has 0 bridgehead atoms. The van der Waals surface area contributed by atoms with Gasteiger partial charge < -0.3 is 5.11 Å². The van der Waals surface area contributed by atoms with Crippen molar-refractivity contribution in [1.29, 1.82) is 0 Å². The third-order valence-corrected chi connectivity index (χ3v) is 3.94. The molecule has 0 aromatic rings. The summed E-state index contributed by atoms with van der Waals surface area (Å²) >= 11 is 0. The first-order chi connectivity index (χ1) is 5.87. The van der Waals surface area contributed by atoms with Crippen molar-refractivity contribution in [3.8, 4) is 0 Å². The number of aliphatic hydroxyl groups is 1. The van der Waals surface area contributed by atoms with E-state index >= 15 is 0 Å². The van der Waals surface area contributed by atoms with Gasteiger partial charge in [0.1, 0.15) is 5.78 Å². The number of aliphatic hydroxyl groups excluding tert-OH is 1. The lowest BCUT2D eigenvalue weighted by atomic mass is 9.80. The zero-order valence-electron chi connectivity index (χ0n) is 8.63. The van der Waals surface area contributed by atoms with Crippen molar-refractivity contribution in [3.05, 3.63) is 0 Å². The van der Waals surface area contributed by atoms with Gasteiger partial charge in [0.2, 0.25) is 0 Å². The first-order valence-corrected chi connectivity index (χ1v) is 5.09. The molecule has 0 spiro atoms. The molecule has 3 atom stereocenters. The third-order valence-electron chi connectivity index (χ3n) is 3.94. The molecule has 0 saturated heterocycles. The lowest BCUT2D eigenvalue weighted by Crippen LogP contribution is -2.30. The molecule has 74 valence electrons. The number of hydrogen-bond acceptors (Lipinski definition) is 2. The highest BCUT2D eigenvalue weighted by molar-refractivity contribution is 5.90. The molecule has 0 aliphatic heterocycles. The number of carbonyl (C=O) groups excluding carboxylic acids is 1. The molecule has 13 heavy (non-hydrogen) atoms. The van der Waals surface area contributed by atoms with Gasteiger partial charge in [0, 0.05) is 11.3 Å². The van der Waals surface area contributed by atoms with Crippen LogP contribution in [0.3, 0.4) is 0 Å². The van der Waals surface area contributed by atoms with Crippen molar-refractivity contribution >= 4 is 5.78 Å². The number of hydrogen-bond donors (Lipinski definition) is 1. The van der Waals surface area contributed by atoms with Crippen molar-refractivity contribution in [1.82, 2.24) is 0 Å². The molecule has 2 aliphatic carbocycles. The molecule has 2 nitrogen and oxygen atoms in total. The summed E-state index contributed by atoms with van der Waals surface area (Å²) < 4.78 is 0. The summed E-state index contributed by atoms with van der Waals surface area (Å²) in [7, 11) is 0. The summed E-state index contributed by atoms with van der Waals surface area (Å²) in [6.45, 7) is 6.16. The Kier molecular flexibility index (Phi) is 1.66. The molecule has 0 aromatic heterocycles. The zero-order chi connectivity index (χ0) is 9.85. The molecule has 0 amide bonds. The lowest BCUT2D eigenvalue weighted by molar-refractivity contribution is -0.130. The minimum atomic E-state index is -0.376. The minimum absolute atomic E-state index is 0.0810. The van der Waals surface area contributed by atoms with Gasteiger partial charge in [-0.2, -0.15) is 0 Å². The van der Waals surface area contributed by atoms with E-state index in [9.17, 15) is 9.90 Å². The van der Waals surface area contributed by atoms with Gasteiger partial charge in [-0.3, -0.25) is 4.79 Å². The van der Waals surface area contributed by atoms with Gasteiger partial charge >= 0.3 is 0 Å². The smallest absolute Gasteiger partial charge is 0.144 e. The molecule has 0 heterocycles. The Bertz CT molecular complexity index is 257. The van der Waals surface area contributed by atoms with Crippen LogP contribution >= 0.6 is 0 Å². The average Bonchev–Trinajstić information content (AvgIpc) is 2.33. The maximum absolute atomic E-state index is 12.0. The molecule has 2 heteroatoms. The van der Waals surface area contributed by atoms with E-state index in [1.54, 1.807) is 0 Å². The Morgan fingerprint density at radius 1 is 1.38 bits per heavy atom. The van der Waals surface area contributed by atoms with Crippen LogP contribution in [-0.2, 0) is 4.79 Å². The molecule has 2 rings (SSSR count). The fourth-order valence-electron chi connectivity index (χ4n) is 3.47. The van der Waals surface area contributed by atoms with Gasteiger partial charge in [-0.05, 0) is 24.7 Å². The number of fused-ring (bicyclic) bond motifs is 1. The normalized spacial score (nSPS) is 48.2. The SMILES string of the molecule is CC1(C)C[C@@]2(C)CC[C@@H](O)[C@H]2C1=O. The van der Waals surface area contributed by atoms with Crippen LogP contribution in [-0.4, -0.2) is 17.0 Å². The van der Waals surface area contributed by atoms with E-state index in [1.807, 2.05) is 13.8 Å². The van der Waals surface area contributed by atoms with E-state index in [1.165, 1.54) is 0 Å². The molecule has 1 N–H and O–H groups in total. The highest BCUT2D eigenvalue weighted by Gasteiger charge is 2.59. The fraction of sp³-hybridized carbons (Fsp3) is 0.909. The number of ketones is 1. The highest BCUT2D eigenvalue weighted by atomic mass is 16.3. The van der Waals surface area contributed by atoms with Crippen molar-refractivity contribution in [2.75, 3.05) is 0 Å². The van der Waals surface area contributed by atoms with Crippen molar-refractivity contribution in [3.63, 3.8) is 0 Å². The van der Waals surface area contributed by atoms with Crippen LogP contribution in [0.25, 0.3) is 0 Å². The fourth-order valence-corrected chi connectivity index (χ4v) is 3.47. The van der Waals surface area contributed by atoms with Crippen molar-refractivity contribution in [2.45, 2.75) is 46.1 Å². The van der Waals surface area contributed by atoms with Gasteiger partial charge in [0.15, 0.2) is 0 Å². The zero-order valence-corrected chi connectivity index (χ0v) is 8.63. The van der Waals surface area contributed by atoms with Crippen LogP contribution in [0.15, 0.2) is 0 Å². The summed E-state index contributed by atoms with van der Waals surface area (Å²) in [4.78, 5) is 12.0. The molecule has 0 radical (unpaired) electrons. The van der Waals surface area contributed by atoms with Gasteiger partial charge in [0.25, 0.3) is 0 Å². The first kappa shape index (κ1) is 9.20. The quantitative estimate of drug-likeness (QED) is 0.620. The van der Waals surface area contributed by atoms with E-state index in [-0.39, 0.29) is 28.6 Å². The Morgan fingerprint density at radius 3 is 2.54 bits per heavy atom. The summed E-state index contributed by atoms with van der Waals surface area (Å²) in [5.74, 6) is 0.197. The van der Waals surface area contributed by atoms with Crippen molar-refractivity contribution < 1.29 is 9.90 Å². The lowest BCUT2D eigenvalue weighted by Gasteiger charge is -2.23. The topological polar surface area (TPSA) is 37.3 Å². The number of Topliss-reactive ketones (excluding diaryl/α,β-unsaturated/α-hetero) is 1. The molecule has 0 unspecified atom stereocenters. The van der Waals surface area contributed by atoms with Gasteiger partial charge in [-0.15, -0.1) is 0 Å². The maximum atomic E-state index is 12.0. The van der Waals surface area contributed by atoms with Gasteiger partial charge in [0.05, 0.1) is 6.10 Å². The van der Waals surface area contributed by atoms with Crippen LogP contribution in [0, 0.1) is 16.7 Å². The summed E-state index contributed by atoms with van der Waals surface area (Å²) in [6.07, 6.45) is 2.39. The van der Waals surface area contributed by atoms with Gasteiger partial charge in [-0.1, -0.05) is 20.8 Å². The highest BCUT2D eigenvalue weighted by Crippen LogP contribution is 2.58. The third kappa shape index (κ3) is 1.08. The minimum Gasteiger partial charge on any atom is -0.392 e. The van der Waals surface area contributed by atoms with Gasteiger partial charge in [-0.25, -0.2) is 0 Å². The standard InChI is InChI=1S/C11H18O2/c1-10(2)6-11(3)5-4-7(12)8(11)9(10)13/h7-8,12H,4-6H2,1-3H3/t7-,8+,11-/m1/s1. The largest absolute Gasteiger partial charge is 0.392 e. The molecular formula is C11H18O2. The second-order valence-corrected chi connectivity index (χ2v) is 5.66. The summed E-state index contributed by atoms with van der Waals surface area (Å²) in [5.41, 5.74) is -0.124. The Balaban J connectivity index is 2.37. The second-order valence-electron chi connectivity index (χ2n) is 5.66. The van der Waals surface area contributed by atoms with E-state index in [0.717, 1.165) is 19.3 Å². The molecule has 2 fully saturated rings. The van der Waals surface area contributed by atoms with E-state index in [4.69, 9.17) is 0 Å². The maximum Gasteiger partial charge on any atom is 0.144 e. The van der Waals surface area contributed by atoms with Crippen LogP contribution in [0.2, 0.25) is 0 Å². The average molecular weight is 182 g/mol. The van der Waals surface area contributed by atoms with Crippen LogP contribution in [0.4, 0.5) is 0 Å².